The summed E-state index contributed by atoms with van der Waals surface area (Å²) in [5.74, 6) is -1.04. The molecular weight excluding hydrogens is 271 g/mol. The summed E-state index contributed by atoms with van der Waals surface area (Å²) >= 11 is 0. The Bertz CT molecular complexity index is 407. The first-order valence-corrected chi connectivity index (χ1v) is 7.26. The summed E-state index contributed by atoms with van der Waals surface area (Å²) in [5.41, 5.74) is 0. The summed E-state index contributed by atoms with van der Waals surface area (Å²) in [6, 6.07) is 1.57. The summed E-state index contributed by atoms with van der Waals surface area (Å²) in [4.78, 5) is 0. The highest BCUT2D eigenvalue weighted by atomic mass is 32.2. The van der Waals surface area contributed by atoms with Crippen molar-refractivity contribution in [3.8, 4) is 6.07 Å². The lowest BCUT2D eigenvalue weighted by Crippen LogP contribution is -2.29. The van der Waals surface area contributed by atoms with Crippen molar-refractivity contribution in [2.24, 2.45) is 0 Å². The topological polar surface area (TPSA) is 67.2 Å². The first kappa shape index (κ1) is 15.2. The quantitative estimate of drug-likeness (QED) is 0.772. The molecule has 18 heavy (non-hydrogen) atoms. The zero-order valence-electron chi connectivity index (χ0n) is 9.61. The normalized spacial score (nSPS) is 22.7. The van der Waals surface area contributed by atoms with E-state index in [1.807, 2.05) is 0 Å². The fraction of sp³-hybridized carbons (Fsp3) is 0.900. The molecule has 4 nitrogen and oxygen atoms in total. The minimum Gasteiger partial charge on any atom is -0.378 e. The van der Waals surface area contributed by atoms with E-state index in [1.54, 1.807) is 6.07 Å². The Balaban J connectivity index is 2.59. The molecule has 2 atom stereocenters. The molecule has 1 aliphatic heterocycles. The molecule has 0 aromatic rings. The van der Waals surface area contributed by atoms with E-state index in [0.717, 1.165) is 6.42 Å². The molecule has 0 radical (unpaired) electrons. The number of hydrogen-bond donors (Lipinski definition) is 0. The van der Waals surface area contributed by atoms with Gasteiger partial charge in [0.15, 0.2) is 15.1 Å². The molecule has 0 spiro atoms. The van der Waals surface area contributed by atoms with Crippen molar-refractivity contribution in [3.63, 3.8) is 0 Å². The smallest absolute Gasteiger partial charge is 0.378 e. The van der Waals surface area contributed by atoms with Gasteiger partial charge in [0, 0.05) is 13.0 Å². The second kappa shape index (κ2) is 5.89. The summed E-state index contributed by atoms with van der Waals surface area (Å²) in [6.07, 6.45) is -4.90. The molecule has 0 amide bonds. The highest BCUT2D eigenvalue weighted by Gasteiger charge is 2.35. The lowest BCUT2D eigenvalue weighted by molar-refractivity contribution is -0.129. The van der Waals surface area contributed by atoms with Crippen LogP contribution in [0.2, 0.25) is 0 Å². The number of rotatable bonds is 5. The van der Waals surface area contributed by atoms with Gasteiger partial charge in [-0.1, -0.05) is 0 Å². The van der Waals surface area contributed by atoms with Gasteiger partial charge in [-0.2, -0.15) is 18.4 Å². The molecule has 0 saturated carbocycles. The van der Waals surface area contributed by atoms with E-state index in [-0.39, 0.29) is 12.5 Å². The first-order chi connectivity index (χ1) is 8.24. The van der Waals surface area contributed by atoms with E-state index >= 15 is 0 Å². The van der Waals surface area contributed by atoms with Gasteiger partial charge in [-0.3, -0.25) is 0 Å². The Hall–Kier alpha value is -0.810. The summed E-state index contributed by atoms with van der Waals surface area (Å²) in [6.45, 7) is 0.505. The number of ether oxygens (including phenoxy) is 1. The van der Waals surface area contributed by atoms with Crippen LogP contribution in [0.25, 0.3) is 0 Å². The molecule has 1 saturated heterocycles. The van der Waals surface area contributed by atoms with E-state index in [2.05, 4.69) is 0 Å². The Morgan fingerprint density at radius 1 is 1.44 bits per heavy atom. The second-order valence-corrected chi connectivity index (χ2v) is 6.52. The largest absolute Gasteiger partial charge is 0.390 e. The van der Waals surface area contributed by atoms with E-state index in [0.29, 0.717) is 13.0 Å². The Morgan fingerprint density at radius 3 is 2.56 bits per heavy atom. The highest BCUT2D eigenvalue weighted by Crippen LogP contribution is 2.24. The molecule has 1 heterocycles. The Labute approximate surface area is 104 Å². The summed E-state index contributed by atoms with van der Waals surface area (Å²) in [5, 5.41) is 7.37. The van der Waals surface area contributed by atoms with Crippen molar-refractivity contribution >= 4 is 9.84 Å². The third-order valence-electron chi connectivity index (χ3n) is 2.75. The maximum absolute atomic E-state index is 12.0. The fourth-order valence-corrected chi connectivity index (χ4v) is 3.22. The third kappa shape index (κ3) is 4.82. The van der Waals surface area contributed by atoms with Crippen LogP contribution in [-0.2, 0) is 14.6 Å². The Morgan fingerprint density at radius 2 is 2.11 bits per heavy atom. The maximum Gasteiger partial charge on any atom is 0.390 e. The summed E-state index contributed by atoms with van der Waals surface area (Å²) in [7, 11) is -4.05. The average Bonchev–Trinajstić information content (AvgIpc) is 2.75. The lowest BCUT2D eigenvalue weighted by Gasteiger charge is -2.15. The van der Waals surface area contributed by atoms with Crippen LogP contribution in [0.15, 0.2) is 0 Å². The molecule has 0 bridgehead atoms. The van der Waals surface area contributed by atoms with Gasteiger partial charge in [-0.05, 0) is 12.8 Å². The van der Waals surface area contributed by atoms with Crippen LogP contribution in [0.3, 0.4) is 0 Å². The number of nitriles is 1. The van der Waals surface area contributed by atoms with E-state index < -0.39 is 33.4 Å². The van der Waals surface area contributed by atoms with Crippen molar-refractivity contribution in [2.75, 3.05) is 12.4 Å². The van der Waals surface area contributed by atoms with Crippen LogP contribution in [0.4, 0.5) is 13.2 Å². The standard InChI is InChI=1S/C10H14F3NO3S/c11-10(12,13)3-5-18(15,16)9(7-14)6-8-2-1-4-17-8/h8-9H,1-6H2. The molecule has 0 aromatic carbocycles. The molecule has 0 aromatic heterocycles. The van der Waals surface area contributed by atoms with Gasteiger partial charge in [0.2, 0.25) is 0 Å². The molecule has 0 N–H and O–H groups in total. The van der Waals surface area contributed by atoms with Gasteiger partial charge in [0.05, 0.1) is 24.3 Å². The monoisotopic (exact) mass is 285 g/mol. The molecule has 1 aliphatic rings. The predicted molar refractivity (Wildman–Crippen MR) is 57.5 cm³/mol. The molecule has 1 rings (SSSR count). The van der Waals surface area contributed by atoms with Gasteiger partial charge in [0.25, 0.3) is 0 Å². The first-order valence-electron chi connectivity index (χ1n) is 5.54. The van der Waals surface area contributed by atoms with Crippen molar-refractivity contribution in [1.82, 2.24) is 0 Å². The van der Waals surface area contributed by atoms with Crippen molar-refractivity contribution in [2.45, 2.75) is 43.2 Å². The average molecular weight is 285 g/mol. The zero-order valence-corrected chi connectivity index (χ0v) is 10.4. The van der Waals surface area contributed by atoms with E-state index in [1.165, 1.54) is 0 Å². The summed E-state index contributed by atoms with van der Waals surface area (Å²) < 4.78 is 64.4. The zero-order chi connectivity index (χ0) is 13.8. The molecular formula is C10H14F3NO3S. The molecule has 104 valence electrons. The van der Waals surface area contributed by atoms with Gasteiger partial charge in [0.1, 0.15) is 0 Å². The SMILES string of the molecule is N#CC(CC1CCCO1)S(=O)(=O)CCC(F)(F)F. The maximum atomic E-state index is 12.0. The van der Waals surface area contributed by atoms with Gasteiger partial charge >= 0.3 is 6.18 Å². The second-order valence-electron chi connectivity index (χ2n) is 4.22. The minimum atomic E-state index is -4.53. The third-order valence-corrected chi connectivity index (χ3v) is 4.69. The lowest BCUT2D eigenvalue weighted by atomic mass is 10.1. The van der Waals surface area contributed by atoms with Crippen molar-refractivity contribution in [1.29, 1.82) is 5.26 Å². The van der Waals surface area contributed by atoms with E-state index in [9.17, 15) is 21.6 Å². The van der Waals surface area contributed by atoms with Crippen LogP contribution in [0, 0.1) is 11.3 Å². The minimum absolute atomic E-state index is 0.0449. The van der Waals surface area contributed by atoms with Crippen LogP contribution in [0.1, 0.15) is 25.7 Å². The van der Waals surface area contributed by atoms with Crippen molar-refractivity contribution < 1.29 is 26.3 Å². The fourth-order valence-electron chi connectivity index (χ4n) is 1.75. The van der Waals surface area contributed by atoms with Crippen LogP contribution >= 0.6 is 0 Å². The molecule has 0 aliphatic carbocycles. The number of hydrogen-bond acceptors (Lipinski definition) is 4. The number of halogens is 3. The van der Waals surface area contributed by atoms with Crippen LogP contribution < -0.4 is 0 Å². The highest BCUT2D eigenvalue weighted by molar-refractivity contribution is 7.92. The molecule has 8 heteroatoms. The molecule has 1 fully saturated rings. The van der Waals surface area contributed by atoms with Gasteiger partial charge < -0.3 is 4.74 Å². The number of alkyl halides is 3. The predicted octanol–water partition coefficient (Wildman–Crippen LogP) is 1.81. The van der Waals surface area contributed by atoms with Gasteiger partial charge in [-0.15, -0.1) is 0 Å². The van der Waals surface area contributed by atoms with Crippen LogP contribution in [0.5, 0.6) is 0 Å². The number of nitrogens with zero attached hydrogens (tertiary/aromatic N) is 1. The Kier molecular flexibility index (Phi) is 4.99. The van der Waals surface area contributed by atoms with Crippen molar-refractivity contribution in [3.05, 3.63) is 0 Å². The van der Waals surface area contributed by atoms with Crippen LogP contribution in [-0.4, -0.2) is 38.3 Å². The van der Waals surface area contributed by atoms with Gasteiger partial charge in [-0.25, -0.2) is 8.42 Å². The number of sulfone groups is 1. The van der Waals surface area contributed by atoms with E-state index in [4.69, 9.17) is 10.00 Å². The molecule has 2 unspecified atom stereocenters.